The van der Waals surface area contributed by atoms with E-state index in [0.29, 0.717) is 21.9 Å². The minimum Gasteiger partial charge on any atom is -0.298 e. The van der Waals surface area contributed by atoms with Crippen molar-refractivity contribution in [1.29, 1.82) is 0 Å². The van der Waals surface area contributed by atoms with Gasteiger partial charge in [-0.15, -0.1) is 0 Å². The van der Waals surface area contributed by atoms with E-state index in [4.69, 9.17) is 0 Å². The highest BCUT2D eigenvalue weighted by Crippen LogP contribution is 2.32. The Morgan fingerprint density at radius 1 is 0.970 bits per heavy atom. The van der Waals surface area contributed by atoms with Crippen LogP contribution < -0.4 is 10.2 Å². The lowest BCUT2D eigenvalue weighted by Crippen LogP contribution is -2.30. The minimum absolute atomic E-state index is 0.227. The number of amides is 3. The molecule has 5 rings (SSSR count). The van der Waals surface area contributed by atoms with Gasteiger partial charge in [0.1, 0.15) is 0 Å². The molecule has 33 heavy (non-hydrogen) atoms. The zero-order valence-corrected chi connectivity index (χ0v) is 19.2. The molecule has 164 valence electrons. The van der Waals surface area contributed by atoms with Crippen LogP contribution in [0, 0.1) is 13.8 Å². The molecule has 0 unspecified atom stereocenters. The van der Waals surface area contributed by atoms with Crippen LogP contribution in [0.5, 0.6) is 0 Å². The Balaban J connectivity index is 1.43. The molecule has 4 aromatic rings. The van der Waals surface area contributed by atoms with E-state index in [1.807, 2.05) is 44.2 Å². The van der Waals surface area contributed by atoms with Crippen LogP contribution in [0.3, 0.4) is 0 Å². The van der Waals surface area contributed by atoms with Gasteiger partial charge in [0, 0.05) is 5.56 Å². The van der Waals surface area contributed by atoms with Crippen molar-refractivity contribution in [2.75, 3.05) is 10.2 Å². The summed E-state index contributed by atoms with van der Waals surface area (Å²) in [6, 6.07) is 16.3. The summed E-state index contributed by atoms with van der Waals surface area (Å²) in [5.41, 5.74) is 5.20. The highest BCUT2D eigenvalue weighted by Gasteiger charge is 2.37. The van der Waals surface area contributed by atoms with E-state index >= 15 is 0 Å². The average molecular weight is 456 g/mol. The number of rotatable bonds is 4. The summed E-state index contributed by atoms with van der Waals surface area (Å²) in [5.74, 6) is -1.18. The molecule has 7 heteroatoms. The largest absolute Gasteiger partial charge is 0.298 e. The lowest BCUT2D eigenvalue weighted by Gasteiger charge is -2.17. The van der Waals surface area contributed by atoms with Crippen molar-refractivity contribution in [2.24, 2.45) is 0 Å². The van der Waals surface area contributed by atoms with Crippen LogP contribution in [0.1, 0.15) is 54.7 Å². The first-order chi connectivity index (χ1) is 15.9. The van der Waals surface area contributed by atoms with Crippen LogP contribution in [0.25, 0.3) is 10.2 Å². The van der Waals surface area contributed by atoms with Gasteiger partial charge in [-0.2, -0.15) is 0 Å². The molecule has 1 N–H and O–H groups in total. The monoisotopic (exact) mass is 455 g/mol. The van der Waals surface area contributed by atoms with Crippen molar-refractivity contribution in [3.63, 3.8) is 0 Å². The second kappa shape index (κ2) is 7.94. The number of carbonyl (C=O) groups excluding carboxylic acids is 3. The Bertz CT molecular complexity index is 1470. The van der Waals surface area contributed by atoms with Gasteiger partial charge in [-0.25, -0.2) is 9.88 Å². The molecule has 0 fully saturated rings. The number of thiazole rings is 1. The van der Waals surface area contributed by atoms with Crippen molar-refractivity contribution in [3.05, 3.63) is 88.0 Å². The molecule has 1 aliphatic rings. The molecule has 1 aromatic heterocycles. The first-order valence-corrected chi connectivity index (χ1v) is 11.5. The van der Waals surface area contributed by atoms with Crippen molar-refractivity contribution in [1.82, 2.24) is 4.98 Å². The maximum absolute atomic E-state index is 13.1. The molecule has 0 saturated carbocycles. The number of imide groups is 1. The molecule has 1 aliphatic heterocycles. The smallest absolute Gasteiger partial charge is 0.266 e. The standard InChI is InChI=1S/C26H21N3O3S/c1-4-16-7-10-20-22(12-16)33-26(27-20)28-23(30)17-8-9-18-19(13-17)25(32)29(24(18)31)21-11-14(2)5-6-15(21)3/h5-13H,4H2,1-3H3,(H,27,28,30). The van der Waals surface area contributed by atoms with E-state index in [9.17, 15) is 14.4 Å². The van der Waals surface area contributed by atoms with Crippen LogP contribution in [-0.4, -0.2) is 22.7 Å². The summed E-state index contributed by atoms with van der Waals surface area (Å²) in [6.07, 6.45) is 0.927. The molecular weight excluding hydrogens is 434 g/mol. The molecular formula is C26H21N3O3S. The second-order valence-electron chi connectivity index (χ2n) is 8.12. The molecule has 6 nitrogen and oxygen atoms in total. The molecule has 0 saturated heterocycles. The van der Waals surface area contributed by atoms with Gasteiger partial charge in [0.15, 0.2) is 5.13 Å². The van der Waals surface area contributed by atoms with Crippen LogP contribution in [0.4, 0.5) is 10.8 Å². The third-order valence-corrected chi connectivity index (χ3v) is 6.77. The van der Waals surface area contributed by atoms with E-state index in [1.165, 1.54) is 27.9 Å². The fourth-order valence-electron chi connectivity index (χ4n) is 3.97. The predicted octanol–water partition coefficient (Wildman–Crippen LogP) is 5.53. The molecule has 0 aliphatic carbocycles. The Morgan fingerprint density at radius 3 is 2.55 bits per heavy atom. The normalized spacial score (nSPS) is 13.0. The first-order valence-electron chi connectivity index (χ1n) is 10.7. The zero-order chi connectivity index (χ0) is 23.3. The van der Waals surface area contributed by atoms with E-state index in [2.05, 4.69) is 23.3 Å². The van der Waals surface area contributed by atoms with E-state index in [1.54, 1.807) is 12.1 Å². The molecule has 0 bridgehead atoms. The minimum atomic E-state index is -0.426. The lowest BCUT2D eigenvalue weighted by molar-refractivity contribution is 0.0925. The number of fused-ring (bicyclic) bond motifs is 2. The number of hydrogen-bond donors (Lipinski definition) is 1. The number of benzene rings is 3. The molecule has 3 amide bonds. The maximum Gasteiger partial charge on any atom is 0.266 e. The third-order valence-electron chi connectivity index (χ3n) is 5.84. The number of nitrogens with zero attached hydrogens (tertiary/aromatic N) is 2. The Labute approximate surface area is 194 Å². The van der Waals surface area contributed by atoms with E-state index in [-0.39, 0.29) is 17.4 Å². The average Bonchev–Trinajstić information content (AvgIpc) is 3.32. The second-order valence-corrected chi connectivity index (χ2v) is 9.16. The summed E-state index contributed by atoms with van der Waals surface area (Å²) in [5, 5.41) is 3.31. The number of nitrogens with one attached hydrogen (secondary N) is 1. The molecule has 2 heterocycles. The zero-order valence-electron chi connectivity index (χ0n) is 18.4. The van der Waals surface area contributed by atoms with Gasteiger partial charge < -0.3 is 0 Å². The van der Waals surface area contributed by atoms with Crippen molar-refractivity contribution < 1.29 is 14.4 Å². The van der Waals surface area contributed by atoms with Crippen molar-refractivity contribution in [3.8, 4) is 0 Å². The predicted molar refractivity (Wildman–Crippen MR) is 130 cm³/mol. The van der Waals surface area contributed by atoms with Gasteiger partial charge in [0.2, 0.25) is 0 Å². The fourth-order valence-corrected chi connectivity index (χ4v) is 4.90. The highest BCUT2D eigenvalue weighted by atomic mass is 32.1. The van der Waals surface area contributed by atoms with Gasteiger partial charge in [-0.3, -0.25) is 19.7 Å². The van der Waals surface area contributed by atoms with E-state index in [0.717, 1.165) is 27.8 Å². The summed E-state index contributed by atoms with van der Waals surface area (Å²) < 4.78 is 1.00. The van der Waals surface area contributed by atoms with Crippen LogP contribution in [0.15, 0.2) is 54.6 Å². The van der Waals surface area contributed by atoms with Crippen LogP contribution >= 0.6 is 11.3 Å². The van der Waals surface area contributed by atoms with E-state index < -0.39 is 5.91 Å². The van der Waals surface area contributed by atoms with Gasteiger partial charge in [0.05, 0.1) is 27.0 Å². The summed E-state index contributed by atoms with van der Waals surface area (Å²) in [7, 11) is 0. The lowest BCUT2D eigenvalue weighted by atomic mass is 10.1. The summed E-state index contributed by atoms with van der Waals surface area (Å²) in [4.78, 5) is 44.7. The number of hydrogen-bond acceptors (Lipinski definition) is 5. The molecule has 0 radical (unpaired) electrons. The fraction of sp³-hybridized carbons (Fsp3) is 0.154. The van der Waals surface area contributed by atoms with Gasteiger partial charge >= 0.3 is 0 Å². The van der Waals surface area contributed by atoms with Crippen LogP contribution in [-0.2, 0) is 6.42 Å². The maximum atomic E-state index is 13.1. The molecule has 0 spiro atoms. The quantitative estimate of drug-likeness (QED) is 0.411. The third kappa shape index (κ3) is 3.60. The van der Waals surface area contributed by atoms with Gasteiger partial charge in [0.25, 0.3) is 17.7 Å². The highest BCUT2D eigenvalue weighted by molar-refractivity contribution is 7.22. The number of aromatic nitrogens is 1. The Morgan fingerprint density at radius 2 is 1.76 bits per heavy atom. The molecule has 0 atom stereocenters. The molecule has 3 aromatic carbocycles. The van der Waals surface area contributed by atoms with Crippen molar-refractivity contribution in [2.45, 2.75) is 27.2 Å². The Kier molecular flexibility index (Phi) is 5.06. The Hall–Kier alpha value is -3.84. The van der Waals surface area contributed by atoms with Gasteiger partial charge in [-0.1, -0.05) is 36.5 Å². The SMILES string of the molecule is CCc1ccc2nc(NC(=O)c3ccc4c(c3)C(=O)N(c3cc(C)ccc3C)C4=O)sc2c1. The topological polar surface area (TPSA) is 79.4 Å². The number of anilines is 2. The summed E-state index contributed by atoms with van der Waals surface area (Å²) >= 11 is 1.40. The van der Waals surface area contributed by atoms with Crippen molar-refractivity contribution >= 4 is 50.1 Å². The number of carbonyl (C=O) groups is 3. The van der Waals surface area contributed by atoms with Gasteiger partial charge in [-0.05, 0) is 73.4 Å². The van der Waals surface area contributed by atoms with Crippen LogP contribution in [0.2, 0.25) is 0 Å². The number of aryl methyl sites for hydroxylation is 3. The first kappa shape index (κ1) is 21.0. The summed E-state index contributed by atoms with van der Waals surface area (Å²) in [6.45, 7) is 5.86.